The van der Waals surface area contributed by atoms with Crippen LogP contribution in [0.1, 0.15) is 0 Å². The molecule has 1 aromatic heterocycles. The van der Waals surface area contributed by atoms with E-state index in [2.05, 4.69) is 25.8 Å². The van der Waals surface area contributed by atoms with Gasteiger partial charge in [-0.15, -0.1) is 0 Å². The van der Waals surface area contributed by atoms with Gasteiger partial charge in [-0.25, -0.2) is 4.79 Å². The minimum absolute atomic E-state index is 0.000345. The van der Waals surface area contributed by atoms with E-state index in [0.29, 0.717) is 31.3 Å². The van der Waals surface area contributed by atoms with Gasteiger partial charge in [-0.1, -0.05) is 11.6 Å². The molecule has 1 amide bonds. The molecule has 1 N–H and O–H groups in total. The van der Waals surface area contributed by atoms with Crippen molar-refractivity contribution < 1.29 is 14.6 Å². The Bertz CT molecular complexity index is 816. The van der Waals surface area contributed by atoms with Gasteiger partial charge in [0, 0.05) is 29.5 Å². The van der Waals surface area contributed by atoms with Crippen molar-refractivity contribution in [3.63, 3.8) is 0 Å². The number of halogens is 2. The van der Waals surface area contributed by atoms with E-state index in [0.717, 1.165) is 26.8 Å². The van der Waals surface area contributed by atoms with Gasteiger partial charge in [0.2, 0.25) is 0 Å². The number of hydrogen-bond acceptors (Lipinski definition) is 4. The van der Waals surface area contributed by atoms with E-state index in [4.69, 9.17) is 16.3 Å². The van der Waals surface area contributed by atoms with Crippen LogP contribution < -0.4 is 9.64 Å². The first-order chi connectivity index (χ1) is 11.0. The number of benzene rings is 1. The number of carboxylic acid groups (broad SMARTS) is 1. The van der Waals surface area contributed by atoms with Crippen LogP contribution in [-0.4, -0.2) is 53.4 Å². The smallest absolute Gasteiger partial charge is 0.407 e. The molecule has 1 saturated heterocycles. The maximum Gasteiger partial charge on any atom is 0.407 e. The van der Waals surface area contributed by atoms with Crippen LogP contribution in [0.4, 0.5) is 10.5 Å². The maximum absolute atomic E-state index is 11.2. The number of anilines is 1. The highest BCUT2D eigenvalue weighted by molar-refractivity contribution is 9.10. The van der Waals surface area contributed by atoms with Crippen LogP contribution in [0.25, 0.3) is 10.9 Å². The minimum atomic E-state index is -0.887. The van der Waals surface area contributed by atoms with Crippen molar-refractivity contribution >= 4 is 50.2 Å². The highest BCUT2D eigenvalue weighted by Crippen LogP contribution is 2.42. The molecule has 4 rings (SSSR count). The molecule has 0 saturated carbocycles. The van der Waals surface area contributed by atoms with Crippen LogP contribution in [0.5, 0.6) is 5.75 Å². The van der Waals surface area contributed by atoms with Crippen LogP contribution in [-0.2, 0) is 0 Å². The third-order valence-corrected chi connectivity index (χ3v) is 5.52. The van der Waals surface area contributed by atoms with E-state index in [1.807, 2.05) is 12.1 Å². The Labute approximate surface area is 145 Å². The van der Waals surface area contributed by atoms with Crippen molar-refractivity contribution in [1.29, 1.82) is 0 Å². The number of aromatic nitrogens is 1. The number of fused-ring (bicyclic) bond motifs is 5. The second-order valence-corrected chi connectivity index (χ2v) is 6.90. The van der Waals surface area contributed by atoms with Gasteiger partial charge in [-0.05, 0) is 28.1 Å². The summed E-state index contributed by atoms with van der Waals surface area (Å²) < 4.78 is 6.62. The molecule has 8 heteroatoms. The Morgan fingerprint density at radius 2 is 2.26 bits per heavy atom. The Morgan fingerprint density at radius 3 is 3.04 bits per heavy atom. The van der Waals surface area contributed by atoms with Gasteiger partial charge < -0.3 is 19.6 Å². The van der Waals surface area contributed by atoms with Crippen molar-refractivity contribution in [2.75, 3.05) is 31.1 Å². The first-order valence-corrected chi connectivity index (χ1v) is 8.37. The number of amides is 1. The molecular weight excluding hydrogens is 386 g/mol. The Kier molecular flexibility index (Phi) is 3.50. The van der Waals surface area contributed by atoms with Crippen molar-refractivity contribution in [2.24, 2.45) is 0 Å². The Morgan fingerprint density at radius 1 is 1.43 bits per heavy atom. The second kappa shape index (κ2) is 5.42. The third-order valence-electron chi connectivity index (χ3n) is 4.32. The number of rotatable bonds is 0. The first-order valence-electron chi connectivity index (χ1n) is 7.19. The molecule has 0 spiro atoms. The van der Waals surface area contributed by atoms with Crippen LogP contribution in [0.2, 0.25) is 5.02 Å². The lowest BCUT2D eigenvalue weighted by Crippen LogP contribution is -2.58. The van der Waals surface area contributed by atoms with E-state index >= 15 is 0 Å². The highest BCUT2D eigenvalue weighted by atomic mass is 79.9. The predicted octanol–water partition coefficient (Wildman–Crippen LogP) is 3.21. The molecule has 1 fully saturated rings. The van der Waals surface area contributed by atoms with Crippen LogP contribution >= 0.6 is 27.5 Å². The van der Waals surface area contributed by atoms with Gasteiger partial charge in [0.1, 0.15) is 6.61 Å². The number of ether oxygens (including phenoxy) is 1. The fourth-order valence-electron chi connectivity index (χ4n) is 3.21. The van der Waals surface area contributed by atoms with Gasteiger partial charge in [0.25, 0.3) is 0 Å². The molecular formula is C15H13BrClN3O3. The molecule has 1 aromatic carbocycles. The lowest BCUT2D eigenvalue weighted by Gasteiger charge is -2.45. The summed E-state index contributed by atoms with van der Waals surface area (Å²) in [5, 5.41) is 10.7. The normalized spacial score (nSPS) is 20.0. The van der Waals surface area contributed by atoms with Crippen LogP contribution in [0.3, 0.4) is 0 Å². The van der Waals surface area contributed by atoms with E-state index < -0.39 is 6.09 Å². The van der Waals surface area contributed by atoms with Crippen molar-refractivity contribution in [2.45, 2.75) is 6.04 Å². The van der Waals surface area contributed by atoms with Crippen molar-refractivity contribution in [3.8, 4) is 5.75 Å². The van der Waals surface area contributed by atoms with Gasteiger partial charge in [-0.2, -0.15) is 0 Å². The van der Waals surface area contributed by atoms with Crippen molar-refractivity contribution in [3.05, 3.63) is 27.8 Å². The Hall–Kier alpha value is -1.73. The average molecular weight is 399 g/mol. The molecule has 2 aliphatic rings. The molecule has 3 heterocycles. The molecule has 0 aliphatic carbocycles. The molecule has 1 atom stereocenters. The number of pyridine rings is 1. The van der Waals surface area contributed by atoms with Gasteiger partial charge >= 0.3 is 6.09 Å². The fourth-order valence-corrected chi connectivity index (χ4v) is 3.70. The lowest BCUT2D eigenvalue weighted by molar-refractivity contribution is 0.123. The van der Waals surface area contributed by atoms with E-state index in [9.17, 15) is 9.90 Å². The summed E-state index contributed by atoms with van der Waals surface area (Å²) >= 11 is 9.67. The van der Waals surface area contributed by atoms with E-state index in [1.54, 1.807) is 6.20 Å². The zero-order chi connectivity index (χ0) is 16.1. The molecule has 6 nitrogen and oxygen atoms in total. The van der Waals surface area contributed by atoms with Crippen LogP contribution in [0.15, 0.2) is 22.8 Å². The largest absolute Gasteiger partial charge is 0.488 e. The molecule has 2 aliphatic heterocycles. The SMILES string of the molecule is O=C(O)N1CCN2c3c(cnc4cc(Br)c(Cl)cc34)OC[C@H]2C1. The molecule has 0 bridgehead atoms. The monoisotopic (exact) mass is 397 g/mol. The van der Waals surface area contributed by atoms with Crippen molar-refractivity contribution in [1.82, 2.24) is 9.88 Å². The molecule has 0 unspecified atom stereocenters. The van der Waals surface area contributed by atoms with Gasteiger partial charge in [0.05, 0.1) is 28.5 Å². The van der Waals surface area contributed by atoms with E-state index in [-0.39, 0.29) is 6.04 Å². The molecule has 0 radical (unpaired) electrons. The zero-order valence-corrected chi connectivity index (χ0v) is 14.3. The Balaban J connectivity index is 1.82. The number of hydrogen-bond donors (Lipinski definition) is 1. The summed E-state index contributed by atoms with van der Waals surface area (Å²) in [6.45, 7) is 1.98. The zero-order valence-electron chi connectivity index (χ0n) is 12.0. The standard InChI is InChI=1S/C15H13BrClN3O3/c16-10-4-12-9(3-11(10)17)14-13(5-18-12)23-7-8-6-19(15(21)22)1-2-20(8)14/h3-5,8H,1-2,6-7H2,(H,21,22)/t8-/m1/s1. The topological polar surface area (TPSA) is 65.9 Å². The second-order valence-electron chi connectivity index (χ2n) is 5.64. The number of nitrogens with zero attached hydrogens (tertiary/aromatic N) is 3. The third kappa shape index (κ3) is 2.38. The number of piperazine rings is 1. The summed E-state index contributed by atoms with van der Waals surface area (Å²) in [5.74, 6) is 0.718. The summed E-state index contributed by atoms with van der Waals surface area (Å²) in [6.07, 6.45) is 0.833. The summed E-state index contributed by atoms with van der Waals surface area (Å²) in [4.78, 5) is 19.3. The van der Waals surface area contributed by atoms with Gasteiger partial charge in [0.15, 0.2) is 5.75 Å². The molecule has 23 heavy (non-hydrogen) atoms. The average Bonchev–Trinajstić information content (AvgIpc) is 2.54. The van der Waals surface area contributed by atoms with Gasteiger partial charge in [-0.3, -0.25) is 4.98 Å². The van der Waals surface area contributed by atoms with E-state index in [1.165, 1.54) is 4.90 Å². The predicted molar refractivity (Wildman–Crippen MR) is 90.7 cm³/mol. The highest BCUT2D eigenvalue weighted by Gasteiger charge is 2.35. The quantitative estimate of drug-likeness (QED) is 0.738. The fraction of sp³-hybridized carbons (Fsp3) is 0.333. The van der Waals surface area contributed by atoms with Crippen LogP contribution in [0, 0.1) is 0 Å². The lowest BCUT2D eigenvalue weighted by atomic mass is 10.1. The summed E-state index contributed by atoms with van der Waals surface area (Å²) in [6, 6.07) is 3.76. The maximum atomic E-state index is 11.2. The first kappa shape index (κ1) is 14.8. The molecule has 120 valence electrons. The summed E-state index contributed by atoms with van der Waals surface area (Å²) in [5.41, 5.74) is 1.77. The minimum Gasteiger partial charge on any atom is -0.488 e. The number of carbonyl (C=O) groups is 1. The summed E-state index contributed by atoms with van der Waals surface area (Å²) in [7, 11) is 0. The molecule has 2 aromatic rings.